The van der Waals surface area contributed by atoms with Crippen molar-refractivity contribution in [2.24, 2.45) is 0 Å². The van der Waals surface area contributed by atoms with E-state index in [-0.39, 0.29) is 0 Å². The number of hydrogen-bond donors (Lipinski definition) is 0. The predicted molar refractivity (Wildman–Crippen MR) is 82.2 cm³/mol. The van der Waals surface area contributed by atoms with Gasteiger partial charge in [0.25, 0.3) is 0 Å². The lowest BCUT2D eigenvalue weighted by molar-refractivity contribution is 0.777. The summed E-state index contributed by atoms with van der Waals surface area (Å²) in [6.07, 6.45) is 5.88. The zero-order valence-corrected chi connectivity index (χ0v) is 12.8. The van der Waals surface area contributed by atoms with E-state index in [0.29, 0.717) is 19.5 Å². The van der Waals surface area contributed by atoms with Crippen LogP contribution in [-0.2, 0) is 6.54 Å². The number of nitriles is 1. The normalized spacial score (nSPS) is 10.1. The van der Waals surface area contributed by atoms with E-state index in [9.17, 15) is 0 Å². The van der Waals surface area contributed by atoms with Crippen molar-refractivity contribution in [1.29, 1.82) is 5.26 Å². The van der Waals surface area contributed by atoms with Crippen LogP contribution in [0.25, 0.3) is 0 Å². The smallest absolute Gasteiger partial charge is 0.143 e. The van der Waals surface area contributed by atoms with Crippen LogP contribution in [0.3, 0.4) is 0 Å². The zero-order valence-electron chi connectivity index (χ0n) is 11.3. The van der Waals surface area contributed by atoms with Gasteiger partial charge in [-0.25, -0.2) is 4.98 Å². The van der Waals surface area contributed by atoms with Crippen LogP contribution in [0.15, 0.2) is 41.3 Å². The Morgan fingerprint density at radius 1 is 1.40 bits per heavy atom. The van der Waals surface area contributed by atoms with Gasteiger partial charge in [0.05, 0.1) is 17.0 Å². The molecule has 0 aliphatic rings. The van der Waals surface area contributed by atoms with Crippen molar-refractivity contribution >= 4 is 21.7 Å². The highest BCUT2D eigenvalue weighted by Crippen LogP contribution is 2.26. The van der Waals surface area contributed by atoms with Crippen LogP contribution in [0.4, 0.5) is 5.82 Å². The highest BCUT2D eigenvalue weighted by atomic mass is 79.9. The Balaban J connectivity index is 2.25. The molecule has 0 unspecified atom stereocenters. The van der Waals surface area contributed by atoms with Gasteiger partial charge in [0, 0.05) is 31.7 Å². The fraction of sp³-hybridized carbons (Fsp3) is 0.267. The van der Waals surface area contributed by atoms with Crippen molar-refractivity contribution < 1.29 is 0 Å². The van der Waals surface area contributed by atoms with E-state index in [4.69, 9.17) is 5.26 Å². The summed E-state index contributed by atoms with van der Waals surface area (Å²) in [5.74, 6) is 0.856. The average molecular weight is 331 g/mol. The molecule has 2 aromatic rings. The van der Waals surface area contributed by atoms with Crippen LogP contribution in [0, 0.1) is 18.3 Å². The third-order valence-electron chi connectivity index (χ3n) is 2.85. The van der Waals surface area contributed by atoms with Gasteiger partial charge < -0.3 is 4.90 Å². The first-order chi connectivity index (χ1) is 9.70. The summed E-state index contributed by atoms with van der Waals surface area (Å²) in [4.78, 5) is 10.7. The van der Waals surface area contributed by atoms with Crippen molar-refractivity contribution in [2.45, 2.75) is 19.9 Å². The molecule has 0 bridgehead atoms. The van der Waals surface area contributed by atoms with E-state index in [2.05, 4.69) is 36.9 Å². The molecule has 0 aromatic carbocycles. The molecule has 0 fully saturated rings. The Hall–Kier alpha value is -1.93. The van der Waals surface area contributed by atoms with Crippen molar-refractivity contribution in [3.05, 3.63) is 52.4 Å². The molecule has 2 aromatic heterocycles. The van der Waals surface area contributed by atoms with E-state index in [1.165, 1.54) is 0 Å². The number of halogens is 1. The Kier molecular flexibility index (Phi) is 5.08. The number of aryl methyl sites for hydroxylation is 1. The first-order valence-electron chi connectivity index (χ1n) is 6.33. The summed E-state index contributed by atoms with van der Waals surface area (Å²) in [6, 6.07) is 8.15. The number of anilines is 1. The molecule has 0 spiro atoms. The quantitative estimate of drug-likeness (QED) is 0.842. The van der Waals surface area contributed by atoms with Crippen LogP contribution < -0.4 is 4.90 Å². The van der Waals surface area contributed by atoms with E-state index in [1.54, 1.807) is 6.20 Å². The molecule has 0 aliphatic heterocycles. The molecule has 0 radical (unpaired) electrons. The molecule has 4 nitrogen and oxygen atoms in total. The molecular formula is C15H15BrN4. The molecule has 0 saturated heterocycles. The Morgan fingerprint density at radius 3 is 2.90 bits per heavy atom. The second-order valence-electron chi connectivity index (χ2n) is 4.51. The maximum Gasteiger partial charge on any atom is 0.143 e. The monoisotopic (exact) mass is 330 g/mol. The number of aromatic nitrogens is 2. The van der Waals surface area contributed by atoms with Crippen molar-refractivity contribution in [3.8, 4) is 6.07 Å². The van der Waals surface area contributed by atoms with Gasteiger partial charge in [0.2, 0.25) is 0 Å². The molecule has 0 N–H and O–H groups in total. The van der Waals surface area contributed by atoms with Crippen LogP contribution in [0.1, 0.15) is 17.5 Å². The highest BCUT2D eigenvalue weighted by Gasteiger charge is 2.12. The lowest BCUT2D eigenvalue weighted by Crippen LogP contribution is -2.25. The van der Waals surface area contributed by atoms with Crippen molar-refractivity contribution in [3.63, 3.8) is 0 Å². The lowest BCUT2D eigenvalue weighted by Gasteiger charge is -2.24. The van der Waals surface area contributed by atoms with Gasteiger partial charge in [-0.15, -0.1) is 0 Å². The van der Waals surface area contributed by atoms with Gasteiger partial charge in [-0.2, -0.15) is 5.26 Å². The van der Waals surface area contributed by atoms with E-state index in [0.717, 1.165) is 21.4 Å². The van der Waals surface area contributed by atoms with E-state index in [1.807, 2.05) is 37.5 Å². The topological polar surface area (TPSA) is 52.8 Å². The van der Waals surface area contributed by atoms with Crippen molar-refractivity contribution in [2.75, 3.05) is 11.4 Å². The molecule has 5 heteroatoms. The van der Waals surface area contributed by atoms with Gasteiger partial charge >= 0.3 is 0 Å². The Labute approximate surface area is 127 Å². The molecule has 20 heavy (non-hydrogen) atoms. The SMILES string of the molecule is Cc1cnc(N(CCC#N)Cc2cccnc2)c(Br)c1. The number of pyridine rings is 2. The van der Waals surface area contributed by atoms with Crippen LogP contribution in [0.2, 0.25) is 0 Å². The average Bonchev–Trinajstić information content (AvgIpc) is 2.45. The lowest BCUT2D eigenvalue weighted by atomic mass is 10.2. The van der Waals surface area contributed by atoms with Crippen LogP contribution in [0.5, 0.6) is 0 Å². The van der Waals surface area contributed by atoms with Gasteiger partial charge in [-0.05, 0) is 46.1 Å². The van der Waals surface area contributed by atoms with Gasteiger partial charge in [-0.3, -0.25) is 4.98 Å². The summed E-state index contributed by atoms with van der Waals surface area (Å²) >= 11 is 3.55. The molecule has 0 aliphatic carbocycles. The third kappa shape index (κ3) is 3.78. The second-order valence-corrected chi connectivity index (χ2v) is 5.36. The van der Waals surface area contributed by atoms with Crippen molar-refractivity contribution in [1.82, 2.24) is 9.97 Å². The Bertz CT molecular complexity index is 607. The largest absolute Gasteiger partial charge is 0.350 e. The number of rotatable bonds is 5. The fourth-order valence-electron chi connectivity index (χ4n) is 1.92. The molecule has 2 heterocycles. The first-order valence-corrected chi connectivity index (χ1v) is 7.13. The summed E-state index contributed by atoms with van der Waals surface area (Å²) in [5.41, 5.74) is 2.20. The summed E-state index contributed by atoms with van der Waals surface area (Å²) in [6.45, 7) is 3.33. The van der Waals surface area contributed by atoms with Gasteiger partial charge in [-0.1, -0.05) is 6.07 Å². The fourth-order valence-corrected chi connectivity index (χ4v) is 2.63. The minimum Gasteiger partial charge on any atom is -0.350 e. The van der Waals surface area contributed by atoms with E-state index < -0.39 is 0 Å². The summed E-state index contributed by atoms with van der Waals surface area (Å²) < 4.78 is 0.944. The van der Waals surface area contributed by atoms with Crippen LogP contribution in [-0.4, -0.2) is 16.5 Å². The zero-order chi connectivity index (χ0) is 14.4. The first kappa shape index (κ1) is 14.5. The van der Waals surface area contributed by atoms with E-state index >= 15 is 0 Å². The molecule has 0 amide bonds. The Morgan fingerprint density at radius 2 is 2.25 bits per heavy atom. The number of nitrogens with zero attached hydrogens (tertiary/aromatic N) is 4. The molecular weight excluding hydrogens is 316 g/mol. The van der Waals surface area contributed by atoms with Gasteiger partial charge in [0.1, 0.15) is 5.82 Å². The second kappa shape index (κ2) is 7.01. The van der Waals surface area contributed by atoms with Crippen LogP contribution >= 0.6 is 15.9 Å². The highest BCUT2D eigenvalue weighted by molar-refractivity contribution is 9.10. The maximum absolute atomic E-state index is 8.82. The standard InChI is InChI=1S/C15H15BrN4/c1-12-8-14(16)15(19-9-12)20(7-3-5-17)11-13-4-2-6-18-10-13/h2,4,6,8-10H,3,7,11H2,1H3. The molecule has 102 valence electrons. The molecule has 2 rings (SSSR count). The maximum atomic E-state index is 8.82. The molecule has 0 atom stereocenters. The summed E-state index contributed by atoms with van der Waals surface area (Å²) in [7, 11) is 0. The summed E-state index contributed by atoms with van der Waals surface area (Å²) in [5, 5.41) is 8.82. The predicted octanol–water partition coefficient (Wildman–Crippen LogP) is 3.47. The molecule has 0 saturated carbocycles. The van der Waals surface area contributed by atoms with Gasteiger partial charge in [0.15, 0.2) is 0 Å². The minimum absolute atomic E-state index is 0.461. The minimum atomic E-state index is 0.461. The third-order valence-corrected chi connectivity index (χ3v) is 3.43. The number of hydrogen-bond acceptors (Lipinski definition) is 4.